The Hall–Kier alpha value is 0.270. The first kappa shape index (κ1) is 12.7. The van der Waals surface area contributed by atoms with E-state index >= 15 is 0 Å². The summed E-state index contributed by atoms with van der Waals surface area (Å²) in [4.78, 5) is 2.60. The van der Waals surface area contributed by atoms with Crippen LogP contribution in [0.4, 0.5) is 0 Å². The molecule has 2 rings (SSSR count). The number of halogens is 1. The van der Waals surface area contributed by atoms with Crippen molar-refractivity contribution in [2.45, 2.75) is 50.5 Å². The van der Waals surface area contributed by atoms with Crippen molar-refractivity contribution in [3.8, 4) is 0 Å². The minimum atomic E-state index is 0.406. The summed E-state index contributed by atoms with van der Waals surface area (Å²) in [6.45, 7) is 10.6. The van der Waals surface area contributed by atoms with E-state index in [4.69, 9.17) is 0 Å². The van der Waals surface area contributed by atoms with Gasteiger partial charge in [0.05, 0.1) is 0 Å². The van der Waals surface area contributed by atoms with Crippen LogP contribution in [0.15, 0.2) is 12.3 Å². The Morgan fingerprint density at radius 2 is 2.00 bits per heavy atom. The zero-order valence-corrected chi connectivity index (χ0v) is 13.1. The standard InChI is InChI=1S/C14H24IN/c1-10-7-11-5-6-16(9-14(2,3)4)13(11)8-12(10)15/h5-6,10-13H,7-9H2,1-4H3/t10-,11?,12?,13?/m1/s1. The van der Waals surface area contributed by atoms with E-state index in [0.717, 1.165) is 21.8 Å². The normalized spacial score (nSPS) is 38.9. The predicted octanol–water partition coefficient (Wildman–Crippen LogP) is 4.08. The van der Waals surface area contributed by atoms with Crippen LogP contribution in [-0.4, -0.2) is 21.4 Å². The van der Waals surface area contributed by atoms with Crippen LogP contribution in [0.5, 0.6) is 0 Å². The predicted molar refractivity (Wildman–Crippen MR) is 78.8 cm³/mol. The van der Waals surface area contributed by atoms with Crippen LogP contribution < -0.4 is 0 Å². The smallest absolute Gasteiger partial charge is 0.0358 e. The van der Waals surface area contributed by atoms with E-state index in [0.29, 0.717) is 5.41 Å². The van der Waals surface area contributed by atoms with Crippen LogP contribution in [0.2, 0.25) is 0 Å². The van der Waals surface area contributed by atoms with Gasteiger partial charge in [0.1, 0.15) is 0 Å². The van der Waals surface area contributed by atoms with E-state index in [1.54, 1.807) is 0 Å². The fourth-order valence-electron chi connectivity index (χ4n) is 3.01. The van der Waals surface area contributed by atoms with Gasteiger partial charge in [-0.25, -0.2) is 0 Å². The molecule has 1 fully saturated rings. The molecule has 0 radical (unpaired) electrons. The highest BCUT2D eigenvalue weighted by Crippen LogP contribution is 2.41. The molecule has 4 atom stereocenters. The fourth-order valence-corrected chi connectivity index (χ4v) is 3.82. The maximum atomic E-state index is 2.65. The number of rotatable bonds is 1. The van der Waals surface area contributed by atoms with Gasteiger partial charge in [-0.3, -0.25) is 0 Å². The summed E-state index contributed by atoms with van der Waals surface area (Å²) in [6, 6.07) is 0.789. The van der Waals surface area contributed by atoms with E-state index in [9.17, 15) is 0 Å². The molecule has 1 aliphatic carbocycles. The molecule has 0 saturated heterocycles. The van der Waals surface area contributed by atoms with E-state index < -0.39 is 0 Å². The molecular weight excluding hydrogens is 309 g/mol. The van der Waals surface area contributed by atoms with Crippen LogP contribution in [0.25, 0.3) is 0 Å². The van der Waals surface area contributed by atoms with Crippen molar-refractivity contribution < 1.29 is 0 Å². The number of hydrogen-bond acceptors (Lipinski definition) is 1. The largest absolute Gasteiger partial charge is 0.374 e. The molecule has 2 heteroatoms. The molecule has 92 valence electrons. The maximum absolute atomic E-state index is 2.65. The molecule has 0 aromatic heterocycles. The molecule has 1 nitrogen and oxygen atoms in total. The molecule has 0 spiro atoms. The zero-order chi connectivity index (χ0) is 11.9. The molecule has 0 bridgehead atoms. The van der Waals surface area contributed by atoms with Gasteiger partial charge in [-0.15, -0.1) is 0 Å². The first-order chi connectivity index (χ1) is 7.37. The summed E-state index contributed by atoms with van der Waals surface area (Å²) >= 11 is 2.65. The van der Waals surface area contributed by atoms with E-state index in [2.05, 4.69) is 67.5 Å². The van der Waals surface area contributed by atoms with Crippen molar-refractivity contribution in [2.75, 3.05) is 6.54 Å². The molecular formula is C14H24IN. The van der Waals surface area contributed by atoms with Gasteiger partial charge in [0.2, 0.25) is 0 Å². The highest BCUT2D eigenvalue weighted by molar-refractivity contribution is 14.1. The Bertz CT molecular complexity index is 279. The van der Waals surface area contributed by atoms with Crippen molar-refractivity contribution in [2.24, 2.45) is 17.3 Å². The average molecular weight is 333 g/mol. The first-order valence-electron chi connectivity index (χ1n) is 6.45. The molecule has 0 aromatic carbocycles. The lowest BCUT2D eigenvalue weighted by Gasteiger charge is -2.40. The molecule has 0 amide bonds. The van der Waals surface area contributed by atoms with Crippen LogP contribution in [0.3, 0.4) is 0 Å². The number of hydrogen-bond donors (Lipinski definition) is 0. The first-order valence-corrected chi connectivity index (χ1v) is 7.69. The summed E-state index contributed by atoms with van der Waals surface area (Å²) in [7, 11) is 0. The Labute approximate surface area is 114 Å². The second kappa shape index (κ2) is 4.51. The van der Waals surface area contributed by atoms with Crippen molar-refractivity contribution in [1.82, 2.24) is 4.90 Å². The summed E-state index contributed by atoms with van der Waals surface area (Å²) in [5, 5.41) is 0. The third kappa shape index (κ3) is 2.74. The third-order valence-corrected chi connectivity index (χ3v) is 5.57. The number of fused-ring (bicyclic) bond motifs is 1. The van der Waals surface area contributed by atoms with Crippen molar-refractivity contribution in [1.29, 1.82) is 0 Å². The van der Waals surface area contributed by atoms with Crippen LogP contribution in [0.1, 0.15) is 40.5 Å². The average Bonchev–Trinajstić information content (AvgIpc) is 2.47. The van der Waals surface area contributed by atoms with Crippen LogP contribution >= 0.6 is 22.6 Å². The molecule has 1 aliphatic heterocycles. The number of nitrogens with zero attached hydrogens (tertiary/aromatic N) is 1. The van der Waals surface area contributed by atoms with Gasteiger partial charge in [0, 0.05) is 16.5 Å². The lowest BCUT2D eigenvalue weighted by molar-refractivity contribution is 0.144. The third-order valence-electron chi connectivity index (χ3n) is 3.83. The molecule has 16 heavy (non-hydrogen) atoms. The molecule has 0 aromatic rings. The van der Waals surface area contributed by atoms with Crippen molar-refractivity contribution in [3.05, 3.63) is 12.3 Å². The van der Waals surface area contributed by atoms with Gasteiger partial charge in [-0.2, -0.15) is 0 Å². The van der Waals surface area contributed by atoms with E-state index in [-0.39, 0.29) is 0 Å². The van der Waals surface area contributed by atoms with Crippen LogP contribution in [-0.2, 0) is 0 Å². The zero-order valence-electron chi connectivity index (χ0n) is 10.9. The summed E-state index contributed by atoms with van der Waals surface area (Å²) < 4.78 is 0.862. The summed E-state index contributed by atoms with van der Waals surface area (Å²) in [5.41, 5.74) is 0.406. The van der Waals surface area contributed by atoms with Gasteiger partial charge >= 0.3 is 0 Å². The highest BCUT2D eigenvalue weighted by Gasteiger charge is 2.38. The second-order valence-electron chi connectivity index (χ2n) is 6.77. The van der Waals surface area contributed by atoms with Gasteiger partial charge in [-0.05, 0) is 36.3 Å². The van der Waals surface area contributed by atoms with Gasteiger partial charge in [-0.1, -0.05) is 56.4 Å². The van der Waals surface area contributed by atoms with Gasteiger partial charge < -0.3 is 4.90 Å². The maximum Gasteiger partial charge on any atom is 0.0358 e. The van der Waals surface area contributed by atoms with E-state index in [1.807, 2.05) is 0 Å². The van der Waals surface area contributed by atoms with Crippen molar-refractivity contribution in [3.63, 3.8) is 0 Å². The van der Waals surface area contributed by atoms with E-state index in [1.165, 1.54) is 19.4 Å². The molecule has 2 aliphatic rings. The summed E-state index contributed by atoms with van der Waals surface area (Å²) in [5.74, 6) is 1.71. The van der Waals surface area contributed by atoms with Gasteiger partial charge in [0.25, 0.3) is 0 Å². The Balaban J connectivity index is 2.02. The molecule has 0 N–H and O–H groups in total. The fraction of sp³-hybridized carbons (Fsp3) is 0.857. The monoisotopic (exact) mass is 333 g/mol. The van der Waals surface area contributed by atoms with Gasteiger partial charge in [0.15, 0.2) is 0 Å². The number of alkyl halides is 1. The molecule has 1 saturated carbocycles. The molecule has 3 unspecified atom stereocenters. The lowest BCUT2D eigenvalue weighted by atomic mass is 9.79. The van der Waals surface area contributed by atoms with Crippen molar-refractivity contribution >= 4 is 22.6 Å². The quantitative estimate of drug-likeness (QED) is 0.516. The lowest BCUT2D eigenvalue weighted by Crippen LogP contribution is -2.43. The second-order valence-corrected chi connectivity index (χ2v) is 8.37. The Kier molecular flexibility index (Phi) is 3.58. The topological polar surface area (TPSA) is 3.24 Å². The minimum absolute atomic E-state index is 0.406. The summed E-state index contributed by atoms with van der Waals surface area (Å²) in [6.07, 6.45) is 7.57. The minimum Gasteiger partial charge on any atom is -0.374 e. The highest BCUT2D eigenvalue weighted by atomic mass is 127. The Morgan fingerprint density at radius 3 is 2.62 bits per heavy atom. The Morgan fingerprint density at radius 1 is 1.31 bits per heavy atom. The van der Waals surface area contributed by atoms with Crippen LogP contribution in [0, 0.1) is 17.3 Å². The molecule has 1 heterocycles. The SMILES string of the molecule is C[C@@H]1CC2C=CN(CC(C)(C)C)C2CC1I.